The Bertz CT molecular complexity index is 711. The maximum atomic E-state index is 12.7. The van der Waals surface area contributed by atoms with Gasteiger partial charge in [0.2, 0.25) is 5.91 Å². The van der Waals surface area contributed by atoms with Gasteiger partial charge in [-0.05, 0) is 39.2 Å². The molecule has 0 aliphatic heterocycles. The average Bonchev–Trinajstić information content (AvgIpc) is 3.34. The molecule has 0 atom stereocenters. The lowest BCUT2D eigenvalue weighted by Gasteiger charge is -2.29. The zero-order valence-corrected chi connectivity index (χ0v) is 20.9. The first-order valence-electron chi connectivity index (χ1n) is 10.5. The summed E-state index contributed by atoms with van der Waals surface area (Å²) >= 11 is 0. The van der Waals surface area contributed by atoms with Crippen molar-refractivity contribution in [3.63, 3.8) is 0 Å². The molecule has 0 spiro atoms. The van der Waals surface area contributed by atoms with E-state index >= 15 is 0 Å². The molecule has 170 valence electrons. The summed E-state index contributed by atoms with van der Waals surface area (Å²) in [6, 6.07) is 1.77. The van der Waals surface area contributed by atoms with E-state index in [1.807, 2.05) is 27.9 Å². The van der Waals surface area contributed by atoms with Gasteiger partial charge in [0.15, 0.2) is 11.7 Å². The molecule has 1 saturated carbocycles. The fourth-order valence-corrected chi connectivity index (χ4v) is 3.72. The van der Waals surface area contributed by atoms with Gasteiger partial charge in [0, 0.05) is 39.3 Å². The summed E-state index contributed by atoms with van der Waals surface area (Å²) in [4.78, 5) is 31.1. The number of halogens is 1. The maximum absolute atomic E-state index is 12.7. The van der Waals surface area contributed by atoms with Crippen LogP contribution in [0.25, 0.3) is 0 Å². The van der Waals surface area contributed by atoms with Crippen molar-refractivity contribution in [3.8, 4) is 0 Å². The molecule has 0 unspecified atom stereocenters. The van der Waals surface area contributed by atoms with Crippen LogP contribution in [0.4, 0.5) is 0 Å². The second-order valence-corrected chi connectivity index (χ2v) is 7.85. The minimum absolute atomic E-state index is 0. The molecule has 1 aliphatic rings. The predicted molar refractivity (Wildman–Crippen MR) is 129 cm³/mol. The van der Waals surface area contributed by atoms with Gasteiger partial charge in [0.1, 0.15) is 0 Å². The molecule has 1 heterocycles. The normalized spacial score (nSPS) is 15.3. The summed E-state index contributed by atoms with van der Waals surface area (Å²) in [5.41, 5.74) is 0.455. The minimum Gasteiger partial charge on any atom is -0.459 e. The summed E-state index contributed by atoms with van der Waals surface area (Å²) in [5.74, 6) is 1.04. The van der Waals surface area contributed by atoms with Crippen LogP contribution >= 0.6 is 24.0 Å². The number of nitrogens with zero attached hydrogens (tertiary/aromatic N) is 2. The zero-order chi connectivity index (χ0) is 21.3. The Hall–Kier alpha value is -1.78. The number of nitrogens with one attached hydrogen (secondary N) is 3. The van der Waals surface area contributed by atoms with Crippen molar-refractivity contribution in [2.24, 2.45) is 10.4 Å². The number of rotatable bonds is 9. The van der Waals surface area contributed by atoms with Crippen LogP contribution in [0.1, 0.15) is 55.1 Å². The van der Waals surface area contributed by atoms with E-state index < -0.39 is 0 Å². The highest BCUT2D eigenvalue weighted by molar-refractivity contribution is 14.0. The highest BCUT2D eigenvalue weighted by Crippen LogP contribution is 2.39. The molecule has 3 N–H and O–H groups in total. The Labute approximate surface area is 196 Å². The second-order valence-electron chi connectivity index (χ2n) is 7.85. The number of aryl methyl sites for hydroxylation is 1. The molecule has 2 amide bonds. The number of aliphatic imine (C=N–C) groups is 1. The molecule has 0 bridgehead atoms. The molecule has 1 aliphatic carbocycles. The maximum Gasteiger partial charge on any atom is 0.287 e. The average molecular weight is 533 g/mol. The van der Waals surface area contributed by atoms with Crippen LogP contribution in [0.3, 0.4) is 0 Å². The second kappa shape index (κ2) is 12.8. The molecule has 8 nitrogen and oxygen atoms in total. The first kappa shape index (κ1) is 26.3. The number of furan rings is 1. The number of amides is 2. The van der Waals surface area contributed by atoms with Gasteiger partial charge in [-0.15, -0.1) is 24.0 Å². The Balaban J connectivity index is 0.00000450. The van der Waals surface area contributed by atoms with Gasteiger partial charge in [-0.25, -0.2) is 0 Å². The Morgan fingerprint density at radius 3 is 2.40 bits per heavy atom. The van der Waals surface area contributed by atoms with Crippen molar-refractivity contribution in [2.75, 3.05) is 40.3 Å². The van der Waals surface area contributed by atoms with Crippen molar-refractivity contribution in [3.05, 3.63) is 23.7 Å². The topological polar surface area (TPSA) is 99.0 Å². The molecule has 1 aromatic rings. The SMILES string of the molecule is CCNC(=NCC1(C(=O)N(C)C)CCCC1)NCCCNC(=O)c1occc1C.I. The Kier molecular flexibility index (Phi) is 11.2. The van der Waals surface area contributed by atoms with E-state index in [2.05, 4.69) is 16.0 Å². The van der Waals surface area contributed by atoms with Gasteiger partial charge in [-0.1, -0.05) is 12.8 Å². The minimum atomic E-state index is -0.374. The molecule has 1 aromatic heterocycles. The van der Waals surface area contributed by atoms with Gasteiger partial charge in [-0.3, -0.25) is 14.6 Å². The van der Waals surface area contributed by atoms with Gasteiger partial charge in [-0.2, -0.15) is 0 Å². The van der Waals surface area contributed by atoms with Crippen LogP contribution in [0.5, 0.6) is 0 Å². The monoisotopic (exact) mass is 533 g/mol. The van der Waals surface area contributed by atoms with E-state index in [1.165, 1.54) is 6.26 Å². The number of hydrogen-bond acceptors (Lipinski definition) is 4. The van der Waals surface area contributed by atoms with Crippen LogP contribution < -0.4 is 16.0 Å². The van der Waals surface area contributed by atoms with Gasteiger partial charge in [0.25, 0.3) is 5.91 Å². The summed E-state index contributed by atoms with van der Waals surface area (Å²) in [6.45, 7) is 6.30. The fourth-order valence-electron chi connectivity index (χ4n) is 3.72. The Morgan fingerprint density at radius 2 is 1.83 bits per heavy atom. The largest absolute Gasteiger partial charge is 0.459 e. The van der Waals surface area contributed by atoms with Crippen molar-refractivity contribution in [1.29, 1.82) is 0 Å². The third kappa shape index (κ3) is 7.17. The molecule has 2 rings (SSSR count). The van der Waals surface area contributed by atoms with Crippen LogP contribution in [0, 0.1) is 12.3 Å². The third-order valence-corrected chi connectivity index (χ3v) is 5.30. The summed E-state index contributed by atoms with van der Waals surface area (Å²) in [6.07, 6.45) is 6.21. The van der Waals surface area contributed by atoms with Crippen molar-refractivity contribution >= 4 is 41.8 Å². The van der Waals surface area contributed by atoms with E-state index in [9.17, 15) is 9.59 Å². The van der Waals surface area contributed by atoms with E-state index in [1.54, 1.807) is 11.0 Å². The number of carbonyl (C=O) groups excluding carboxylic acids is 2. The molecular formula is C21H36IN5O3. The van der Waals surface area contributed by atoms with Gasteiger partial charge in [0.05, 0.1) is 18.2 Å². The molecule has 0 aromatic carbocycles. The van der Waals surface area contributed by atoms with Crippen LogP contribution in [-0.2, 0) is 4.79 Å². The van der Waals surface area contributed by atoms with Crippen LogP contribution in [0.2, 0.25) is 0 Å². The summed E-state index contributed by atoms with van der Waals surface area (Å²) < 4.78 is 5.19. The molecule has 1 fully saturated rings. The van der Waals surface area contributed by atoms with Crippen molar-refractivity contribution in [2.45, 2.75) is 46.0 Å². The summed E-state index contributed by atoms with van der Waals surface area (Å²) in [5, 5.41) is 9.38. The van der Waals surface area contributed by atoms with E-state index in [0.717, 1.165) is 44.2 Å². The first-order chi connectivity index (χ1) is 13.9. The number of guanidine groups is 1. The smallest absolute Gasteiger partial charge is 0.287 e. The van der Waals surface area contributed by atoms with E-state index in [4.69, 9.17) is 9.41 Å². The van der Waals surface area contributed by atoms with Gasteiger partial charge >= 0.3 is 0 Å². The summed E-state index contributed by atoms with van der Waals surface area (Å²) in [7, 11) is 3.63. The lowest BCUT2D eigenvalue weighted by molar-refractivity contribution is -0.138. The highest BCUT2D eigenvalue weighted by atomic mass is 127. The number of carbonyl (C=O) groups is 2. The fraction of sp³-hybridized carbons (Fsp3) is 0.667. The molecular weight excluding hydrogens is 497 g/mol. The zero-order valence-electron chi connectivity index (χ0n) is 18.5. The quantitative estimate of drug-likeness (QED) is 0.196. The first-order valence-corrected chi connectivity index (χ1v) is 10.5. The Morgan fingerprint density at radius 1 is 1.17 bits per heavy atom. The van der Waals surface area contributed by atoms with Crippen molar-refractivity contribution < 1.29 is 14.0 Å². The highest BCUT2D eigenvalue weighted by Gasteiger charge is 2.42. The molecule has 9 heteroatoms. The standard InChI is InChI=1S/C21H35N5O3.HI/c1-5-22-20(25-15-21(10-6-7-11-21)19(28)26(3)4)24-13-8-12-23-18(27)17-16(2)9-14-29-17;/h9,14H,5-8,10-13,15H2,1-4H3,(H,23,27)(H2,22,24,25);1H. The number of hydrogen-bond donors (Lipinski definition) is 3. The van der Waals surface area contributed by atoms with E-state index in [-0.39, 0.29) is 41.2 Å². The molecule has 0 saturated heterocycles. The van der Waals surface area contributed by atoms with Crippen LogP contribution in [-0.4, -0.2) is 62.9 Å². The van der Waals surface area contributed by atoms with Crippen LogP contribution in [0.15, 0.2) is 21.7 Å². The lowest BCUT2D eigenvalue weighted by atomic mass is 9.85. The third-order valence-electron chi connectivity index (χ3n) is 5.30. The lowest BCUT2D eigenvalue weighted by Crippen LogP contribution is -2.43. The predicted octanol–water partition coefficient (Wildman–Crippen LogP) is 2.53. The van der Waals surface area contributed by atoms with Crippen molar-refractivity contribution in [1.82, 2.24) is 20.9 Å². The molecule has 30 heavy (non-hydrogen) atoms. The van der Waals surface area contributed by atoms with E-state index in [0.29, 0.717) is 31.4 Å². The molecule has 0 radical (unpaired) electrons. The van der Waals surface area contributed by atoms with Gasteiger partial charge < -0.3 is 25.3 Å².